The molecule has 7 heteroatoms. The number of carboxylic acid groups (broad SMARTS) is 1. The Morgan fingerprint density at radius 3 is 2.28 bits per heavy atom. The van der Waals surface area contributed by atoms with Crippen molar-refractivity contribution < 1.29 is 14.7 Å². The van der Waals surface area contributed by atoms with Crippen molar-refractivity contribution in [1.29, 1.82) is 0 Å². The van der Waals surface area contributed by atoms with E-state index in [0.717, 1.165) is 0 Å². The van der Waals surface area contributed by atoms with Gasteiger partial charge in [-0.05, 0) is 29.8 Å². The van der Waals surface area contributed by atoms with Gasteiger partial charge in [-0.15, -0.1) is 0 Å². The predicted molar refractivity (Wildman–Crippen MR) is 92.4 cm³/mol. The number of nitrogens with zero attached hydrogens (tertiary/aromatic N) is 2. The van der Waals surface area contributed by atoms with Gasteiger partial charge in [0.1, 0.15) is 0 Å². The molecule has 1 amide bonds. The SMILES string of the molecule is Cn1c(=O)n(C)c2cc(C(NC(=O)c3ccccc3)C(=O)O)ccc21. The summed E-state index contributed by atoms with van der Waals surface area (Å²) in [5, 5.41) is 12.1. The van der Waals surface area contributed by atoms with Crippen LogP contribution in [0, 0.1) is 0 Å². The number of hydrogen-bond donors (Lipinski definition) is 2. The molecule has 3 aromatic rings. The van der Waals surface area contributed by atoms with Crippen molar-refractivity contribution in [1.82, 2.24) is 14.5 Å². The Bertz CT molecular complexity index is 1020. The molecular weight excluding hydrogens is 322 g/mol. The van der Waals surface area contributed by atoms with Gasteiger partial charge in [-0.2, -0.15) is 0 Å². The molecule has 2 aromatic carbocycles. The molecule has 0 fully saturated rings. The number of aromatic nitrogens is 2. The number of hydrogen-bond acceptors (Lipinski definition) is 3. The lowest BCUT2D eigenvalue weighted by Crippen LogP contribution is -2.33. The van der Waals surface area contributed by atoms with Crippen LogP contribution < -0.4 is 11.0 Å². The maximum absolute atomic E-state index is 12.3. The van der Waals surface area contributed by atoms with Crippen LogP contribution in [0.25, 0.3) is 11.0 Å². The van der Waals surface area contributed by atoms with Gasteiger partial charge in [-0.3, -0.25) is 13.9 Å². The normalized spacial score (nSPS) is 12.1. The number of carboxylic acids is 1. The maximum atomic E-state index is 12.3. The lowest BCUT2D eigenvalue weighted by atomic mass is 10.1. The predicted octanol–water partition coefficient (Wildman–Crippen LogP) is 1.43. The Morgan fingerprint density at radius 1 is 1.00 bits per heavy atom. The Morgan fingerprint density at radius 2 is 1.64 bits per heavy atom. The van der Waals surface area contributed by atoms with Crippen LogP contribution in [0.5, 0.6) is 0 Å². The van der Waals surface area contributed by atoms with Gasteiger partial charge in [0.25, 0.3) is 5.91 Å². The molecule has 1 heterocycles. The van der Waals surface area contributed by atoms with E-state index in [4.69, 9.17) is 0 Å². The van der Waals surface area contributed by atoms with Gasteiger partial charge < -0.3 is 10.4 Å². The summed E-state index contributed by atoms with van der Waals surface area (Å²) in [4.78, 5) is 36.0. The van der Waals surface area contributed by atoms with Gasteiger partial charge in [0.05, 0.1) is 11.0 Å². The van der Waals surface area contributed by atoms with E-state index < -0.39 is 17.9 Å². The van der Waals surface area contributed by atoms with Crippen molar-refractivity contribution in [2.24, 2.45) is 14.1 Å². The van der Waals surface area contributed by atoms with Crippen LogP contribution >= 0.6 is 0 Å². The first kappa shape index (κ1) is 16.5. The van der Waals surface area contributed by atoms with E-state index >= 15 is 0 Å². The molecule has 0 aliphatic heterocycles. The van der Waals surface area contributed by atoms with E-state index in [-0.39, 0.29) is 5.69 Å². The summed E-state index contributed by atoms with van der Waals surface area (Å²) in [6, 6.07) is 12.1. The third-order valence-electron chi connectivity index (χ3n) is 4.19. The molecule has 1 atom stereocenters. The molecule has 2 N–H and O–H groups in total. The maximum Gasteiger partial charge on any atom is 0.330 e. The van der Waals surface area contributed by atoms with Crippen molar-refractivity contribution in [2.45, 2.75) is 6.04 Å². The molecule has 0 saturated carbocycles. The average molecular weight is 339 g/mol. The van der Waals surface area contributed by atoms with E-state index in [9.17, 15) is 19.5 Å². The highest BCUT2D eigenvalue weighted by Crippen LogP contribution is 2.20. The summed E-state index contributed by atoms with van der Waals surface area (Å²) in [5.41, 5.74) is 1.86. The van der Waals surface area contributed by atoms with E-state index in [0.29, 0.717) is 22.2 Å². The number of imidazole rings is 1. The summed E-state index contributed by atoms with van der Waals surface area (Å²) >= 11 is 0. The molecule has 0 radical (unpaired) electrons. The second-order valence-electron chi connectivity index (χ2n) is 5.76. The first-order chi connectivity index (χ1) is 11.9. The Kier molecular flexibility index (Phi) is 4.14. The molecular formula is C18H17N3O4. The number of aryl methyl sites for hydroxylation is 2. The smallest absolute Gasteiger partial charge is 0.330 e. The molecule has 25 heavy (non-hydrogen) atoms. The number of carbonyl (C=O) groups excluding carboxylic acids is 1. The summed E-state index contributed by atoms with van der Waals surface area (Å²) in [6.45, 7) is 0. The van der Waals surface area contributed by atoms with E-state index in [1.54, 1.807) is 62.6 Å². The summed E-state index contributed by atoms with van der Waals surface area (Å²) in [7, 11) is 3.27. The highest BCUT2D eigenvalue weighted by molar-refractivity contribution is 5.97. The standard InChI is InChI=1S/C18H17N3O4/c1-20-13-9-8-12(10-14(13)21(2)18(20)25)15(17(23)24)19-16(22)11-6-4-3-5-7-11/h3-10,15H,1-2H3,(H,19,22)(H,23,24). The number of benzene rings is 2. The van der Waals surface area contributed by atoms with Gasteiger partial charge in [0, 0.05) is 19.7 Å². The molecule has 0 spiro atoms. The van der Waals surface area contributed by atoms with Crippen LogP contribution in [0.15, 0.2) is 53.3 Å². The Labute approximate surface area is 143 Å². The van der Waals surface area contributed by atoms with E-state index in [2.05, 4.69) is 5.32 Å². The quantitative estimate of drug-likeness (QED) is 0.752. The second kappa shape index (κ2) is 6.27. The molecule has 7 nitrogen and oxygen atoms in total. The lowest BCUT2D eigenvalue weighted by Gasteiger charge is -2.15. The molecule has 3 rings (SSSR count). The molecule has 0 saturated heterocycles. The topological polar surface area (TPSA) is 93.3 Å². The summed E-state index contributed by atoms with van der Waals surface area (Å²) < 4.78 is 2.92. The molecule has 0 aliphatic rings. The molecule has 1 unspecified atom stereocenters. The van der Waals surface area contributed by atoms with Crippen molar-refractivity contribution in [3.63, 3.8) is 0 Å². The zero-order valence-electron chi connectivity index (χ0n) is 13.8. The van der Waals surface area contributed by atoms with Crippen molar-refractivity contribution in [2.75, 3.05) is 0 Å². The fraction of sp³-hybridized carbons (Fsp3) is 0.167. The molecule has 1 aromatic heterocycles. The van der Waals surface area contributed by atoms with Crippen LogP contribution in [-0.2, 0) is 18.9 Å². The minimum atomic E-state index is -1.22. The molecule has 0 aliphatic carbocycles. The Balaban J connectivity index is 2.00. The van der Waals surface area contributed by atoms with Gasteiger partial charge in [0.2, 0.25) is 0 Å². The number of fused-ring (bicyclic) bond motifs is 1. The zero-order valence-corrected chi connectivity index (χ0v) is 13.8. The van der Waals surface area contributed by atoms with Crippen molar-refractivity contribution in [3.8, 4) is 0 Å². The minimum absolute atomic E-state index is 0.202. The van der Waals surface area contributed by atoms with Crippen molar-refractivity contribution >= 4 is 22.9 Å². The van der Waals surface area contributed by atoms with Crippen LogP contribution in [0.4, 0.5) is 0 Å². The third kappa shape index (κ3) is 2.91. The van der Waals surface area contributed by atoms with Crippen LogP contribution in [-0.4, -0.2) is 26.1 Å². The van der Waals surface area contributed by atoms with Gasteiger partial charge >= 0.3 is 11.7 Å². The van der Waals surface area contributed by atoms with Crippen LogP contribution in [0.1, 0.15) is 22.0 Å². The minimum Gasteiger partial charge on any atom is -0.479 e. The fourth-order valence-corrected chi connectivity index (χ4v) is 2.79. The average Bonchev–Trinajstić information content (AvgIpc) is 2.84. The largest absolute Gasteiger partial charge is 0.479 e. The molecule has 128 valence electrons. The third-order valence-corrected chi connectivity index (χ3v) is 4.19. The second-order valence-corrected chi connectivity index (χ2v) is 5.76. The van der Waals surface area contributed by atoms with Crippen molar-refractivity contribution in [3.05, 3.63) is 70.1 Å². The number of rotatable bonds is 4. The first-order valence-corrected chi connectivity index (χ1v) is 7.64. The zero-order chi connectivity index (χ0) is 18.1. The molecule has 0 bridgehead atoms. The number of nitrogens with one attached hydrogen (secondary N) is 1. The summed E-state index contributed by atoms with van der Waals surface area (Å²) in [6.07, 6.45) is 0. The monoisotopic (exact) mass is 339 g/mol. The van der Waals surface area contributed by atoms with Crippen LogP contribution in [0.3, 0.4) is 0 Å². The highest BCUT2D eigenvalue weighted by atomic mass is 16.4. The number of aliphatic carboxylic acids is 1. The van der Waals surface area contributed by atoms with E-state index in [1.807, 2.05) is 0 Å². The summed E-state index contributed by atoms with van der Waals surface area (Å²) in [5.74, 6) is -1.65. The highest BCUT2D eigenvalue weighted by Gasteiger charge is 2.23. The van der Waals surface area contributed by atoms with Gasteiger partial charge in [-0.1, -0.05) is 24.3 Å². The lowest BCUT2D eigenvalue weighted by molar-refractivity contribution is -0.139. The number of amides is 1. The van der Waals surface area contributed by atoms with Crippen LogP contribution in [0.2, 0.25) is 0 Å². The number of carbonyl (C=O) groups is 2. The Hall–Kier alpha value is -3.35. The van der Waals surface area contributed by atoms with Gasteiger partial charge in [-0.25, -0.2) is 9.59 Å². The fourth-order valence-electron chi connectivity index (χ4n) is 2.79. The van der Waals surface area contributed by atoms with E-state index in [1.165, 1.54) is 9.13 Å². The van der Waals surface area contributed by atoms with Gasteiger partial charge in [0.15, 0.2) is 6.04 Å². The first-order valence-electron chi connectivity index (χ1n) is 7.64.